The number of hydrogen-bond donors (Lipinski definition) is 1. The van der Waals surface area contributed by atoms with Crippen LogP contribution in [0.15, 0.2) is 51.4 Å². The molecule has 0 aliphatic heterocycles. The van der Waals surface area contributed by atoms with Crippen molar-refractivity contribution < 1.29 is 53.5 Å². The van der Waals surface area contributed by atoms with Crippen LogP contribution in [0.2, 0.25) is 0 Å². The molecule has 0 bridgehead atoms. The Labute approximate surface area is 231 Å². The van der Waals surface area contributed by atoms with Crippen molar-refractivity contribution in [2.45, 2.75) is 37.8 Å². The van der Waals surface area contributed by atoms with Crippen molar-refractivity contribution in [3.63, 3.8) is 0 Å². The number of carbonyl (C=O) groups is 2. The van der Waals surface area contributed by atoms with Gasteiger partial charge in [0.2, 0.25) is 5.91 Å². The van der Waals surface area contributed by atoms with Crippen molar-refractivity contribution in [3.05, 3.63) is 73.7 Å². The lowest BCUT2D eigenvalue weighted by molar-refractivity contribution is -0.140. The number of allylic oxidation sites excluding steroid dienone is 1. The summed E-state index contributed by atoms with van der Waals surface area (Å²) in [5.41, 5.74) is -4.03. The molecule has 2 rings (SSSR count). The Kier molecular flexibility index (Phi) is 10.4. The smallest absolute Gasteiger partial charge is 0.347 e. The number of halogens is 12. The first-order valence-electron chi connectivity index (χ1n) is 10.7. The van der Waals surface area contributed by atoms with Gasteiger partial charge in [-0.3, -0.25) is 9.59 Å². The third kappa shape index (κ3) is 9.33. The maximum atomic E-state index is 14.9. The van der Waals surface area contributed by atoms with Gasteiger partial charge in [-0.2, -0.15) is 39.5 Å². The van der Waals surface area contributed by atoms with Crippen LogP contribution in [0.5, 0.6) is 0 Å². The lowest BCUT2D eigenvalue weighted by Gasteiger charge is -2.19. The maximum absolute atomic E-state index is 14.9. The van der Waals surface area contributed by atoms with Crippen molar-refractivity contribution in [2.24, 2.45) is 5.92 Å². The van der Waals surface area contributed by atoms with E-state index in [2.05, 4.69) is 31.9 Å². The highest BCUT2D eigenvalue weighted by molar-refractivity contribution is 9.13. The van der Waals surface area contributed by atoms with Gasteiger partial charge in [-0.15, -0.1) is 0 Å². The number of alkyl halides is 9. The molecule has 0 aliphatic carbocycles. The van der Waals surface area contributed by atoms with Crippen LogP contribution in [0.1, 0.15) is 46.3 Å². The first kappa shape index (κ1) is 32.8. The van der Waals surface area contributed by atoms with Crippen LogP contribution in [0.25, 0.3) is 5.83 Å². The number of benzene rings is 2. The highest BCUT2D eigenvalue weighted by atomic mass is 79.9. The summed E-state index contributed by atoms with van der Waals surface area (Å²) in [6.45, 7) is -0.694. The predicted molar refractivity (Wildman–Crippen MR) is 128 cm³/mol. The molecule has 1 unspecified atom stereocenters. The minimum Gasteiger partial charge on any atom is -0.347 e. The highest BCUT2D eigenvalue weighted by Crippen LogP contribution is 2.41. The number of rotatable bonds is 8. The molecule has 0 radical (unpaired) electrons. The van der Waals surface area contributed by atoms with Crippen LogP contribution >= 0.6 is 31.9 Å². The quantitative estimate of drug-likeness (QED) is 0.221. The summed E-state index contributed by atoms with van der Waals surface area (Å²) in [6.07, 6.45) is -15.9. The molecular formula is C24H17Br2F10NO2. The molecule has 1 amide bonds. The molecule has 0 saturated carbocycles. The molecule has 0 aliphatic rings. The minimum atomic E-state index is -5.26. The minimum absolute atomic E-state index is 0.0969. The molecule has 0 heterocycles. The zero-order valence-corrected chi connectivity index (χ0v) is 22.6. The molecule has 0 spiro atoms. The molecule has 2 atom stereocenters. The van der Waals surface area contributed by atoms with Crippen molar-refractivity contribution in [2.75, 3.05) is 6.54 Å². The van der Waals surface area contributed by atoms with Crippen LogP contribution in [0, 0.1) is 5.92 Å². The van der Waals surface area contributed by atoms with Gasteiger partial charge < -0.3 is 5.32 Å². The average molecular weight is 701 g/mol. The van der Waals surface area contributed by atoms with E-state index >= 15 is 0 Å². The first-order chi connectivity index (χ1) is 17.7. The summed E-state index contributed by atoms with van der Waals surface area (Å²) >= 11 is 6.11. The Morgan fingerprint density at radius 2 is 1.54 bits per heavy atom. The number of Topliss-reactive ketones (excluding diaryl/α,β-unsaturated/α-hetero) is 1. The van der Waals surface area contributed by atoms with Crippen molar-refractivity contribution >= 4 is 49.4 Å². The van der Waals surface area contributed by atoms with E-state index in [1.807, 2.05) is 0 Å². The number of amides is 1. The topological polar surface area (TPSA) is 46.2 Å². The molecule has 214 valence electrons. The summed E-state index contributed by atoms with van der Waals surface area (Å²) in [4.78, 5) is 24.3. The van der Waals surface area contributed by atoms with Crippen molar-refractivity contribution in [1.29, 1.82) is 0 Å². The predicted octanol–water partition coefficient (Wildman–Crippen LogP) is 8.77. The molecule has 0 saturated heterocycles. The second-order valence-electron chi connectivity index (χ2n) is 8.33. The molecule has 39 heavy (non-hydrogen) atoms. The van der Waals surface area contributed by atoms with Crippen molar-refractivity contribution in [3.8, 4) is 0 Å². The Hall–Kier alpha value is -2.42. The van der Waals surface area contributed by atoms with E-state index in [9.17, 15) is 53.5 Å². The number of nitrogens with one attached hydrogen (secondary N) is 1. The monoisotopic (exact) mass is 699 g/mol. The van der Waals surface area contributed by atoms with E-state index in [0.29, 0.717) is 16.6 Å². The maximum Gasteiger partial charge on any atom is 0.417 e. The van der Waals surface area contributed by atoms with Gasteiger partial charge in [0, 0.05) is 32.4 Å². The number of carbonyl (C=O) groups excluding carboxylic acids is 2. The number of ketones is 1. The molecule has 2 aromatic carbocycles. The summed E-state index contributed by atoms with van der Waals surface area (Å²) in [7, 11) is 0. The Bertz CT molecular complexity index is 1250. The van der Waals surface area contributed by atoms with Gasteiger partial charge in [-0.05, 0) is 61.7 Å². The Morgan fingerprint density at radius 1 is 0.923 bits per heavy atom. The van der Waals surface area contributed by atoms with E-state index in [-0.39, 0.29) is 16.6 Å². The van der Waals surface area contributed by atoms with E-state index in [1.165, 1.54) is 11.4 Å². The van der Waals surface area contributed by atoms with E-state index in [4.69, 9.17) is 0 Å². The van der Waals surface area contributed by atoms with E-state index in [1.54, 1.807) is 0 Å². The fourth-order valence-electron chi connectivity index (χ4n) is 3.34. The lowest BCUT2D eigenvalue weighted by atomic mass is 9.92. The van der Waals surface area contributed by atoms with Crippen LogP contribution < -0.4 is 5.32 Å². The van der Waals surface area contributed by atoms with Crippen LogP contribution in [-0.2, 0) is 11.0 Å². The fraction of sp³-hybridized carbons (Fsp3) is 0.333. The SMILES string of the molecule is C[C@@H](CC(=O)c1ccc(/C(F)=C/C(c2ccc(Br)c(Br)c2)C(F)(F)F)cc1C(F)(F)F)C(=O)NCC(F)(F)F. The molecule has 15 heteroatoms. The summed E-state index contributed by atoms with van der Waals surface area (Å²) in [6, 6.07) is 4.71. The van der Waals surface area contributed by atoms with Gasteiger partial charge in [-0.25, -0.2) is 4.39 Å². The molecular weight excluding hydrogens is 684 g/mol. The normalized spacial score (nSPS) is 14.6. The summed E-state index contributed by atoms with van der Waals surface area (Å²) < 4.78 is 135. The largest absolute Gasteiger partial charge is 0.417 e. The van der Waals surface area contributed by atoms with E-state index < -0.39 is 83.1 Å². The third-order valence-electron chi connectivity index (χ3n) is 5.27. The Balaban J connectivity index is 2.42. The Morgan fingerprint density at radius 3 is 2.05 bits per heavy atom. The van der Waals surface area contributed by atoms with Crippen LogP contribution in [-0.4, -0.2) is 30.6 Å². The third-order valence-corrected chi connectivity index (χ3v) is 7.15. The van der Waals surface area contributed by atoms with Gasteiger partial charge in [0.05, 0.1) is 5.56 Å². The van der Waals surface area contributed by atoms with Crippen LogP contribution in [0.3, 0.4) is 0 Å². The van der Waals surface area contributed by atoms with Gasteiger partial charge in [0.25, 0.3) is 0 Å². The number of hydrogen-bond acceptors (Lipinski definition) is 2. The summed E-state index contributed by atoms with van der Waals surface area (Å²) in [5, 5.41) is 1.51. The van der Waals surface area contributed by atoms with Gasteiger partial charge in [-0.1, -0.05) is 25.1 Å². The zero-order chi connectivity index (χ0) is 29.9. The van der Waals surface area contributed by atoms with Gasteiger partial charge in [0.15, 0.2) is 5.78 Å². The second-order valence-corrected chi connectivity index (χ2v) is 10.0. The fourth-order valence-corrected chi connectivity index (χ4v) is 3.98. The average Bonchev–Trinajstić information content (AvgIpc) is 2.80. The standard InChI is InChI=1S/C24H17Br2F10NO2/c1-11(21(39)37-10-22(28,29)30)6-20(38)14-4-2-13(7-16(14)24(34,35)36)19(27)9-15(23(31,32)33)12-3-5-17(25)18(26)8-12/h2-5,7-9,11,15H,6,10H2,1H3,(H,37,39)/b19-9-/t11-,15?/m0/s1. The first-order valence-corrected chi connectivity index (χ1v) is 12.3. The van der Waals surface area contributed by atoms with Crippen LogP contribution in [0.4, 0.5) is 43.9 Å². The molecule has 0 aromatic heterocycles. The second kappa shape index (κ2) is 12.4. The van der Waals surface area contributed by atoms with Crippen molar-refractivity contribution in [1.82, 2.24) is 5.32 Å². The van der Waals surface area contributed by atoms with Gasteiger partial charge in [0.1, 0.15) is 18.3 Å². The van der Waals surface area contributed by atoms with Gasteiger partial charge >= 0.3 is 18.5 Å². The molecule has 0 fully saturated rings. The lowest BCUT2D eigenvalue weighted by Crippen LogP contribution is -2.37. The molecule has 1 N–H and O–H groups in total. The van der Waals surface area contributed by atoms with E-state index in [0.717, 1.165) is 19.1 Å². The highest BCUT2D eigenvalue weighted by Gasteiger charge is 2.41. The molecule has 2 aromatic rings. The summed E-state index contributed by atoms with van der Waals surface area (Å²) in [5.74, 6) is -8.16. The zero-order valence-electron chi connectivity index (χ0n) is 19.5. The molecule has 3 nitrogen and oxygen atoms in total.